The molecular weight excluding hydrogens is 380 g/mol. The number of benzene rings is 2. The van der Waals surface area contributed by atoms with E-state index in [4.69, 9.17) is 18.9 Å². The normalized spacial score (nSPS) is 22.9. The Hall–Kier alpha value is -2.44. The Morgan fingerprint density at radius 1 is 0.600 bits per heavy atom. The molecule has 2 aromatic carbocycles. The molecule has 2 atom stereocenters. The van der Waals surface area contributed by atoms with Gasteiger partial charge in [-0.15, -0.1) is 0 Å². The summed E-state index contributed by atoms with van der Waals surface area (Å²) in [5.41, 5.74) is 5.54. The molecule has 0 spiro atoms. The van der Waals surface area contributed by atoms with Crippen molar-refractivity contribution in [2.24, 2.45) is 0 Å². The van der Waals surface area contributed by atoms with Crippen LogP contribution in [0.15, 0.2) is 24.3 Å². The van der Waals surface area contributed by atoms with Crippen molar-refractivity contribution in [1.29, 1.82) is 0 Å². The van der Waals surface area contributed by atoms with E-state index >= 15 is 0 Å². The van der Waals surface area contributed by atoms with Crippen LogP contribution in [0.1, 0.15) is 34.3 Å². The van der Waals surface area contributed by atoms with Crippen molar-refractivity contribution in [1.82, 2.24) is 9.80 Å². The van der Waals surface area contributed by atoms with E-state index in [1.807, 2.05) is 0 Å². The second kappa shape index (κ2) is 7.67. The number of methoxy groups -OCH3 is 4. The van der Waals surface area contributed by atoms with Crippen LogP contribution in [0.2, 0.25) is 0 Å². The highest BCUT2D eigenvalue weighted by molar-refractivity contribution is 5.51. The highest BCUT2D eigenvalue weighted by Crippen LogP contribution is 2.45. The van der Waals surface area contributed by atoms with Crippen LogP contribution in [0.3, 0.4) is 0 Å². The molecule has 0 aliphatic carbocycles. The van der Waals surface area contributed by atoms with E-state index in [2.05, 4.69) is 34.1 Å². The summed E-state index contributed by atoms with van der Waals surface area (Å²) in [5.74, 6) is 3.29. The molecule has 30 heavy (non-hydrogen) atoms. The monoisotopic (exact) mass is 410 g/mol. The van der Waals surface area contributed by atoms with Gasteiger partial charge >= 0.3 is 0 Å². The first-order chi connectivity index (χ1) is 14.7. The van der Waals surface area contributed by atoms with E-state index in [-0.39, 0.29) is 0 Å². The molecule has 3 heterocycles. The minimum absolute atomic E-state index is 0.395. The number of hydrogen-bond acceptors (Lipinski definition) is 6. The van der Waals surface area contributed by atoms with Gasteiger partial charge in [0, 0.05) is 38.3 Å². The van der Waals surface area contributed by atoms with E-state index in [0.717, 1.165) is 62.0 Å². The summed E-state index contributed by atoms with van der Waals surface area (Å²) in [4.78, 5) is 5.28. The van der Waals surface area contributed by atoms with Gasteiger partial charge in [-0.3, -0.25) is 9.80 Å². The van der Waals surface area contributed by atoms with E-state index in [9.17, 15) is 0 Å². The first-order valence-electron chi connectivity index (χ1n) is 10.6. The van der Waals surface area contributed by atoms with Crippen LogP contribution in [0.4, 0.5) is 0 Å². The fourth-order valence-corrected chi connectivity index (χ4v) is 5.47. The Balaban J connectivity index is 1.48. The second-order valence-corrected chi connectivity index (χ2v) is 8.33. The highest BCUT2D eigenvalue weighted by atomic mass is 16.5. The van der Waals surface area contributed by atoms with Crippen molar-refractivity contribution in [3.05, 3.63) is 46.5 Å². The lowest BCUT2D eigenvalue weighted by Gasteiger charge is -2.51. The molecule has 0 aromatic heterocycles. The molecule has 0 saturated carbocycles. The molecule has 6 heteroatoms. The molecule has 6 nitrogen and oxygen atoms in total. The van der Waals surface area contributed by atoms with Crippen molar-refractivity contribution in [3.8, 4) is 23.0 Å². The van der Waals surface area contributed by atoms with Gasteiger partial charge in [0.05, 0.1) is 28.4 Å². The molecule has 160 valence electrons. The largest absolute Gasteiger partial charge is 0.493 e. The van der Waals surface area contributed by atoms with E-state index < -0.39 is 0 Å². The lowest BCUT2D eigenvalue weighted by molar-refractivity contribution is 0.0157. The smallest absolute Gasteiger partial charge is 0.161 e. The summed E-state index contributed by atoms with van der Waals surface area (Å²) in [6.45, 7) is 4.20. The lowest BCUT2D eigenvalue weighted by atomic mass is 9.84. The summed E-state index contributed by atoms with van der Waals surface area (Å²) in [6, 6.07) is 9.51. The van der Waals surface area contributed by atoms with Gasteiger partial charge in [0.25, 0.3) is 0 Å². The second-order valence-electron chi connectivity index (χ2n) is 8.33. The maximum absolute atomic E-state index is 5.60. The molecule has 0 amide bonds. The van der Waals surface area contributed by atoms with Crippen LogP contribution in [0, 0.1) is 0 Å². The zero-order valence-electron chi connectivity index (χ0n) is 18.2. The molecule has 0 radical (unpaired) electrons. The lowest BCUT2D eigenvalue weighted by Crippen LogP contribution is -2.54. The molecule has 3 aliphatic heterocycles. The Morgan fingerprint density at radius 2 is 0.967 bits per heavy atom. The van der Waals surface area contributed by atoms with Crippen molar-refractivity contribution in [2.45, 2.75) is 24.9 Å². The number of nitrogens with zero attached hydrogens (tertiary/aromatic N) is 2. The van der Waals surface area contributed by atoms with Gasteiger partial charge in [0.1, 0.15) is 0 Å². The fourth-order valence-electron chi connectivity index (χ4n) is 5.47. The zero-order valence-corrected chi connectivity index (χ0v) is 18.2. The Bertz CT molecular complexity index is 883. The van der Waals surface area contributed by atoms with E-state index in [1.165, 1.54) is 22.3 Å². The third kappa shape index (κ3) is 3.01. The van der Waals surface area contributed by atoms with Crippen molar-refractivity contribution < 1.29 is 18.9 Å². The molecule has 2 aromatic rings. The first-order valence-corrected chi connectivity index (χ1v) is 10.6. The Labute approximate surface area is 178 Å². The number of piperazine rings is 1. The molecule has 3 aliphatic rings. The average molecular weight is 411 g/mol. The van der Waals surface area contributed by atoms with E-state index in [1.54, 1.807) is 28.4 Å². The summed E-state index contributed by atoms with van der Waals surface area (Å²) < 4.78 is 22.3. The maximum Gasteiger partial charge on any atom is 0.161 e. The summed E-state index contributed by atoms with van der Waals surface area (Å²) >= 11 is 0. The Morgan fingerprint density at radius 3 is 1.33 bits per heavy atom. The van der Waals surface area contributed by atoms with Crippen LogP contribution < -0.4 is 18.9 Å². The average Bonchev–Trinajstić information content (AvgIpc) is 2.80. The van der Waals surface area contributed by atoms with Gasteiger partial charge in [-0.05, 0) is 59.4 Å². The van der Waals surface area contributed by atoms with Crippen molar-refractivity contribution in [3.63, 3.8) is 0 Å². The minimum atomic E-state index is 0.395. The standard InChI is InChI=1S/C24H30N2O4/c1-27-21-9-15-5-7-25-14-20-18-12-24(30-4)22(28-2)10-16(18)6-8-26(20)13-19(25)17(15)11-23(21)29-3/h9-12,19-20H,5-8,13-14H2,1-4H3. The summed E-state index contributed by atoms with van der Waals surface area (Å²) in [5, 5.41) is 0. The Kier molecular flexibility index (Phi) is 4.99. The summed E-state index contributed by atoms with van der Waals surface area (Å²) in [7, 11) is 6.84. The molecule has 2 unspecified atom stereocenters. The fraction of sp³-hybridized carbons (Fsp3) is 0.500. The van der Waals surface area contributed by atoms with Crippen LogP contribution in [-0.4, -0.2) is 64.4 Å². The van der Waals surface area contributed by atoms with Gasteiger partial charge in [-0.2, -0.15) is 0 Å². The van der Waals surface area contributed by atoms with Gasteiger partial charge in [-0.1, -0.05) is 0 Å². The third-order valence-corrected chi connectivity index (χ3v) is 7.04. The molecule has 1 fully saturated rings. The number of rotatable bonds is 4. The van der Waals surface area contributed by atoms with Crippen LogP contribution in [0.25, 0.3) is 0 Å². The zero-order chi connectivity index (χ0) is 20.8. The number of ether oxygens (including phenoxy) is 4. The maximum atomic E-state index is 5.60. The first kappa shape index (κ1) is 19.5. The quantitative estimate of drug-likeness (QED) is 0.771. The number of fused-ring (bicyclic) bond motifs is 6. The van der Waals surface area contributed by atoms with Crippen LogP contribution in [0.5, 0.6) is 23.0 Å². The summed E-state index contributed by atoms with van der Waals surface area (Å²) in [6.07, 6.45) is 2.08. The minimum Gasteiger partial charge on any atom is -0.493 e. The van der Waals surface area contributed by atoms with Gasteiger partial charge in [0.15, 0.2) is 23.0 Å². The van der Waals surface area contributed by atoms with Gasteiger partial charge in [0.2, 0.25) is 0 Å². The molecular formula is C24H30N2O4. The highest BCUT2D eigenvalue weighted by Gasteiger charge is 2.41. The van der Waals surface area contributed by atoms with Crippen LogP contribution in [-0.2, 0) is 12.8 Å². The number of hydrogen-bond donors (Lipinski definition) is 0. The molecule has 5 rings (SSSR count). The van der Waals surface area contributed by atoms with Gasteiger partial charge in [-0.25, -0.2) is 0 Å². The van der Waals surface area contributed by atoms with Crippen LogP contribution >= 0.6 is 0 Å². The third-order valence-electron chi connectivity index (χ3n) is 7.04. The van der Waals surface area contributed by atoms with Gasteiger partial charge < -0.3 is 18.9 Å². The molecule has 0 N–H and O–H groups in total. The SMILES string of the molecule is COc1cc2c(cc1OC)C1CN3CCc4cc(OC)c(OC)cc4C3CN1CC2. The van der Waals surface area contributed by atoms with Crippen molar-refractivity contribution >= 4 is 0 Å². The topological polar surface area (TPSA) is 43.4 Å². The molecule has 0 bridgehead atoms. The van der Waals surface area contributed by atoms with E-state index in [0.29, 0.717) is 12.1 Å². The predicted octanol–water partition coefficient (Wildman–Crippen LogP) is 3.23. The molecule has 1 saturated heterocycles. The predicted molar refractivity (Wildman–Crippen MR) is 115 cm³/mol. The van der Waals surface area contributed by atoms with Crippen molar-refractivity contribution in [2.75, 3.05) is 54.6 Å².